The highest BCUT2D eigenvalue weighted by Crippen LogP contribution is 2.08. The van der Waals surface area contributed by atoms with Gasteiger partial charge in [0, 0.05) is 0 Å². The first-order chi connectivity index (χ1) is 7.79. The average Bonchev–Trinajstić information content (AvgIpc) is 2.22. The van der Waals surface area contributed by atoms with Gasteiger partial charge in [0.1, 0.15) is 6.04 Å². The highest BCUT2D eigenvalue weighted by Gasteiger charge is 2.28. The van der Waals surface area contributed by atoms with Crippen molar-refractivity contribution in [2.45, 2.75) is 38.8 Å². The first-order valence-corrected chi connectivity index (χ1v) is 5.30. The van der Waals surface area contributed by atoms with Crippen molar-refractivity contribution >= 4 is 17.8 Å². The molecule has 0 aromatic carbocycles. The number of carbonyl (C=O) groups excluding carboxylic acids is 1. The summed E-state index contributed by atoms with van der Waals surface area (Å²) < 4.78 is 0. The minimum Gasteiger partial charge on any atom is -0.481 e. The molecule has 0 spiro atoms. The maximum atomic E-state index is 11.5. The quantitative estimate of drug-likeness (QED) is 0.474. The van der Waals surface area contributed by atoms with Gasteiger partial charge in [0.15, 0.2) is 0 Å². The first kappa shape index (κ1) is 15.4. The van der Waals surface area contributed by atoms with E-state index in [0.717, 1.165) is 0 Å². The summed E-state index contributed by atoms with van der Waals surface area (Å²) in [5.74, 6) is -3.38. The lowest BCUT2D eigenvalue weighted by Crippen LogP contribution is -2.51. The van der Waals surface area contributed by atoms with E-state index in [1.807, 2.05) is 0 Å². The summed E-state index contributed by atoms with van der Waals surface area (Å²) >= 11 is 0. The second-order valence-electron chi connectivity index (χ2n) is 3.91. The number of nitrogens with one attached hydrogen (secondary N) is 1. The molecule has 1 amide bonds. The van der Waals surface area contributed by atoms with Crippen molar-refractivity contribution in [1.29, 1.82) is 0 Å². The van der Waals surface area contributed by atoms with Crippen molar-refractivity contribution in [3.05, 3.63) is 0 Å². The summed E-state index contributed by atoms with van der Waals surface area (Å²) in [6.07, 6.45) is 0.0457. The Bertz CT molecular complexity index is 305. The van der Waals surface area contributed by atoms with Gasteiger partial charge >= 0.3 is 11.9 Å². The fourth-order valence-corrected chi connectivity index (χ4v) is 1.22. The van der Waals surface area contributed by atoms with Crippen molar-refractivity contribution in [2.24, 2.45) is 11.7 Å². The molecule has 0 saturated carbocycles. The third kappa shape index (κ3) is 5.30. The number of rotatable bonds is 7. The van der Waals surface area contributed by atoms with E-state index in [-0.39, 0.29) is 5.92 Å². The zero-order valence-corrected chi connectivity index (χ0v) is 9.84. The van der Waals surface area contributed by atoms with E-state index in [9.17, 15) is 14.4 Å². The number of nitrogens with two attached hydrogens (primary N) is 1. The first-order valence-electron chi connectivity index (χ1n) is 5.30. The predicted octanol–water partition coefficient (Wildman–Crippen LogP) is -0.596. The lowest BCUT2D eigenvalue weighted by Gasteiger charge is -2.21. The van der Waals surface area contributed by atoms with Gasteiger partial charge in [-0.15, -0.1) is 0 Å². The van der Waals surface area contributed by atoms with E-state index in [2.05, 4.69) is 5.32 Å². The van der Waals surface area contributed by atoms with Crippen LogP contribution >= 0.6 is 0 Å². The van der Waals surface area contributed by atoms with Crippen LogP contribution < -0.4 is 11.1 Å². The zero-order valence-electron chi connectivity index (χ0n) is 9.84. The summed E-state index contributed by atoms with van der Waals surface area (Å²) in [6.45, 7) is 3.48. The largest absolute Gasteiger partial charge is 0.481 e. The van der Waals surface area contributed by atoms with E-state index in [1.165, 1.54) is 0 Å². The smallest absolute Gasteiger partial charge is 0.326 e. The van der Waals surface area contributed by atoms with E-state index in [1.54, 1.807) is 13.8 Å². The maximum absolute atomic E-state index is 11.5. The minimum absolute atomic E-state index is 0.256. The highest BCUT2D eigenvalue weighted by atomic mass is 16.4. The van der Waals surface area contributed by atoms with Gasteiger partial charge in [0.25, 0.3) is 0 Å². The van der Waals surface area contributed by atoms with Crippen molar-refractivity contribution in [3.8, 4) is 0 Å². The van der Waals surface area contributed by atoms with Crippen molar-refractivity contribution < 1.29 is 24.6 Å². The zero-order chi connectivity index (χ0) is 13.6. The molecule has 7 nitrogen and oxygen atoms in total. The van der Waals surface area contributed by atoms with Crippen LogP contribution in [0.4, 0.5) is 0 Å². The molecular formula is C10H18N2O5. The molecule has 98 valence electrons. The van der Waals surface area contributed by atoms with Gasteiger partial charge in [-0.05, 0) is 5.92 Å². The molecule has 2 unspecified atom stereocenters. The second-order valence-corrected chi connectivity index (χ2v) is 3.91. The van der Waals surface area contributed by atoms with Crippen LogP contribution in [0.3, 0.4) is 0 Å². The van der Waals surface area contributed by atoms with Crippen LogP contribution in [0, 0.1) is 5.92 Å². The second kappa shape index (κ2) is 6.85. The number of carbonyl (C=O) groups is 3. The van der Waals surface area contributed by atoms with Crippen LogP contribution in [0.25, 0.3) is 0 Å². The molecule has 0 aliphatic rings. The van der Waals surface area contributed by atoms with Crippen LogP contribution in [-0.2, 0) is 14.4 Å². The Morgan fingerprint density at radius 3 is 2.18 bits per heavy atom. The Morgan fingerprint density at radius 1 is 1.29 bits per heavy atom. The Labute approximate surface area is 99.0 Å². The lowest BCUT2D eigenvalue weighted by molar-refractivity contribution is -0.144. The molecule has 0 aromatic heterocycles. The van der Waals surface area contributed by atoms with Gasteiger partial charge in [-0.1, -0.05) is 20.3 Å². The summed E-state index contributed by atoms with van der Waals surface area (Å²) in [7, 11) is 0. The highest BCUT2D eigenvalue weighted by molar-refractivity contribution is 5.89. The van der Waals surface area contributed by atoms with Crippen molar-refractivity contribution in [2.75, 3.05) is 0 Å². The fraction of sp³-hybridized carbons (Fsp3) is 0.700. The molecule has 7 heteroatoms. The summed E-state index contributed by atoms with van der Waals surface area (Å²) in [6, 6.07) is -2.29. The molecular weight excluding hydrogens is 228 g/mol. The monoisotopic (exact) mass is 246 g/mol. The molecule has 0 aliphatic heterocycles. The molecule has 0 rings (SSSR count). The van der Waals surface area contributed by atoms with E-state index >= 15 is 0 Å². The van der Waals surface area contributed by atoms with E-state index in [0.29, 0.717) is 6.42 Å². The standard InChI is InChI=1S/C10H18N2O5/c1-3-5(2)8(10(16)17)12-9(15)6(11)4-7(13)14/h5-6,8H,3-4,11H2,1-2H3,(H,12,15)(H,13,14)(H,16,17)/t5?,6?,8-/m0/s1. The third-order valence-electron chi connectivity index (χ3n) is 2.51. The topological polar surface area (TPSA) is 130 Å². The number of amides is 1. The number of aliphatic carboxylic acids is 2. The molecule has 0 aliphatic carbocycles. The van der Waals surface area contributed by atoms with Crippen LogP contribution in [-0.4, -0.2) is 40.1 Å². The molecule has 0 saturated heterocycles. The number of carboxylic acids is 2. The molecule has 17 heavy (non-hydrogen) atoms. The average molecular weight is 246 g/mol. The molecule has 0 fully saturated rings. The van der Waals surface area contributed by atoms with Crippen LogP contribution in [0.2, 0.25) is 0 Å². The van der Waals surface area contributed by atoms with Crippen molar-refractivity contribution in [3.63, 3.8) is 0 Å². The Kier molecular flexibility index (Phi) is 6.19. The molecule has 0 bridgehead atoms. The number of hydrogen-bond acceptors (Lipinski definition) is 4. The third-order valence-corrected chi connectivity index (χ3v) is 2.51. The molecule has 0 heterocycles. The van der Waals surface area contributed by atoms with E-state index < -0.39 is 36.4 Å². The molecule has 0 aromatic rings. The Morgan fingerprint density at radius 2 is 1.82 bits per heavy atom. The van der Waals surface area contributed by atoms with Crippen LogP contribution in [0.5, 0.6) is 0 Å². The minimum atomic E-state index is -1.24. The molecule has 3 atom stereocenters. The van der Waals surface area contributed by atoms with Crippen LogP contribution in [0.1, 0.15) is 26.7 Å². The van der Waals surface area contributed by atoms with Gasteiger partial charge in [-0.3, -0.25) is 9.59 Å². The van der Waals surface area contributed by atoms with Gasteiger partial charge in [0.05, 0.1) is 12.5 Å². The Hall–Kier alpha value is -1.63. The Balaban J connectivity index is 4.50. The van der Waals surface area contributed by atoms with Gasteiger partial charge in [-0.25, -0.2) is 4.79 Å². The van der Waals surface area contributed by atoms with Gasteiger partial charge in [-0.2, -0.15) is 0 Å². The summed E-state index contributed by atoms with van der Waals surface area (Å²) in [5.41, 5.74) is 5.32. The lowest BCUT2D eigenvalue weighted by atomic mass is 9.99. The maximum Gasteiger partial charge on any atom is 0.326 e. The SMILES string of the molecule is CCC(C)[C@H](NC(=O)C(N)CC(=O)O)C(=O)O. The number of carboxylic acid groups (broad SMARTS) is 2. The predicted molar refractivity (Wildman–Crippen MR) is 59.2 cm³/mol. The van der Waals surface area contributed by atoms with E-state index in [4.69, 9.17) is 15.9 Å². The summed E-state index contributed by atoms with van der Waals surface area (Å²) in [4.78, 5) is 32.7. The fourth-order valence-electron chi connectivity index (χ4n) is 1.22. The normalized spacial score (nSPS) is 15.7. The van der Waals surface area contributed by atoms with Gasteiger partial charge in [0.2, 0.25) is 5.91 Å². The van der Waals surface area contributed by atoms with Crippen molar-refractivity contribution in [1.82, 2.24) is 5.32 Å². The summed E-state index contributed by atoms with van der Waals surface area (Å²) in [5, 5.41) is 19.6. The van der Waals surface area contributed by atoms with Gasteiger partial charge < -0.3 is 21.3 Å². The molecule has 5 N–H and O–H groups in total. The van der Waals surface area contributed by atoms with Crippen LogP contribution in [0.15, 0.2) is 0 Å². The number of hydrogen-bond donors (Lipinski definition) is 4. The molecule has 0 radical (unpaired) electrons.